The molecule has 0 aromatic carbocycles. The van der Waals surface area contributed by atoms with Gasteiger partial charge in [-0.25, -0.2) is 0 Å². The van der Waals surface area contributed by atoms with Gasteiger partial charge in [-0.2, -0.15) is 0 Å². The first-order chi connectivity index (χ1) is 6.56. The van der Waals surface area contributed by atoms with Gasteiger partial charge in [0.25, 0.3) is 0 Å². The molecule has 0 amide bonds. The predicted octanol–water partition coefficient (Wildman–Crippen LogP) is 2.47. The minimum Gasteiger partial charge on any atom is -0.298 e. The zero-order chi connectivity index (χ0) is 10.7. The van der Waals surface area contributed by atoms with Crippen LogP contribution in [0.5, 0.6) is 0 Å². The van der Waals surface area contributed by atoms with Crippen LogP contribution in [0, 0.1) is 5.92 Å². The van der Waals surface area contributed by atoms with Crippen LogP contribution in [0.15, 0.2) is 0 Å². The summed E-state index contributed by atoms with van der Waals surface area (Å²) >= 11 is 0. The van der Waals surface area contributed by atoms with Gasteiger partial charge in [-0.05, 0) is 32.6 Å². The summed E-state index contributed by atoms with van der Waals surface area (Å²) in [5.74, 6) is 1.13. The molecule has 0 aromatic heterocycles. The number of carbonyl (C=O) groups excluding carboxylic acids is 1. The number of piperidine rings is 1. The van der Waals surface area contributed by atoms with Crippen molar-refractivity contribution in [1.82, 2.24) is 4.90 Å². The number of rotatable bonds is 3. The first kappa shape index (κ1) is 11.7. The normalized spacial score (nSPS) is 31.4. The Labute approximate surface area is 87.7 Å². The highest BCUT2D eigenvalue weighted by atomic mass is 16.1. The van der Waals surface area contributed by atoms with Crippen molar-refractivity contribution >= 4 is 5.78 Å². The monoisotopic (exact) mass is 197 g/mol. The maximum atomic E-state index is 11.6. The first-order valence-corrected chi connectivity index (χ1v) is 5.84. The Kier molecular flexibility index (Phi) is 4.11. The van der Waals surface area contributed by atoms with E-state index < -0.39 is 0 Å². The fraction of sp³-hybridized carbons (Fsp3) is 0.917. The molecule has 0 aliphatic carbocycles. The second-order valence-corrected chi connectivity index (χ2v) is 4.72. The van der Waals surface area contributed by atoms with E-state index >= 15 is 0 Å². The van der Waals surface area contributed by atoms with Crippen molar-refractivity contribution in [2.45, 2.75) is 59.0 Å². The Morgan fingerprint density at radius 2 is 2.07 bits per heavy atom. The summed E-state index contributed by atoms with van der Waals surface area (Å²) in [7, 11) is 0. The van der Waals surface area contributed by atoms with Gasteiger partial charge in [0.1, 0.15) is 5.78 Å². The van der Waals surface area contributed by atoms with Crippen molar-refractivity contribution in [2.75, 3.05) is 6.54 Å². The van der Waals surface area contributed by atoms with Crippen LogP contribution >= 0.6 is 0 Å². The molecule has 1 saturated heterocycles. The van der Waals surface area contributed by atoms with Gasteiger partial charge in [-0.1, -0.05) is 13.8 Å². The summed E-state index contributed by atoms with van der Waals surface area (Å²) in [6.07, 6.45) is 3.21. The maximum Gasteiger partial charge on any atom is 0.149 e. The first-order valence-electron chi connectivity index (χ1n) is 5.84. The Hall–Kier alpha value is -0.370. The van der Waals surface area contributed by atoms with Crippen LogP contribution in [0.1, 0.15) is 47.0 Å². The lowest BCUT2D eigenvalue weighted by atomic mass is 9.92. The van der Waals surface area contributed by atoms with Crippen LogP contribution in [0.2, 0.25) is 0 Å². The topological polar surface area (TPSA) is 20.3 Å². The Morgan fingerprint density at radius 1 is 1.43 bits per heavy atom. The minimum absolute atomic E-state index is 0.123. The van der Waals surface area contributed by atoms with Gasteiger partial charge in [0.2, 0.25) is 0 Å². The van der Waals surface area contributed by atoms with Crippen LogP contribution in [-0.2, 0) is 4.79 Å². The molecule has 1 fully saturated rings. The Balaban J connectivity index is 2.59. The van der Waals surface area contributed by atoms with Gasteiger partial charge in [-0.15, -0.1) is 0 Å². The molecular weight excluding hydrogens is 174 g/mol. The average molecular weight is 197 g/mol. The van der Waals surface area contributed by atoms with Gasteiger partial charge in [0, 0.05) is 19.0 Å². The lowest BCUT2D eigenvalue weighted by Gasteiger charge is -2.40. The zero-order valence-electron chi connectivity index (χ0n) is 9.92. The third-order valence-electron chi connectivity index (χ3n) is 3.48. The van der Waals surface area contributed by atoms with Crippen LogP contribution in [0.3, 0.4) is 0 Å². The van der Waals surface area contributed by atoms with Gasteiger partial charge in [-0.3, -0.25) is 9.69 Å². The molecule has 1 aliphatic heterocycles. The molecule has 0 saturated carbocycles. The lowest BCUT2D eigenvalue weighted by molar-refractivity contribution is -0.125. The third-order valence-corrected chi connectivity index (χ3v) is 3.48. The van der Waals surface area contributed by atoms with Gasteiger partial charge < -0.3 is 0 Å². The standard InChI is InChI=1S/C12H23NO/c1-5-12(14)11(4)13-8-9(2)6-7-10(13)3/h9-11H,5-8H2,1-4H3. The van der Waals surface area contributed by atoms with Crippen molar-refractivity contribution in [3.63, 3.8) is 0 Å². The molecule has 3 atom stereocenters. The molecule has 1 aliphatic rings. The number of carbonyl (C=O) groups is 1. The molecular formula is C12H23NO. The van der Waals surface area contributed by atoms with Gasteiger partial charge in [0.15, 0.2) is 0 Å². The highest BCUT2D eigenvalue weighted by molar-refractivity contribution is 5.83. The van der Waals surface area contributed by atoms with E-state index in [1.807, 2.05) is 6.92 Å². The number of nitrogens with zero attached hydrogens (tertiary/aromatic N) is 1. The molecule has 1 heterocycles. The predicted molar refractivity (Wildman–Crippen MR) is 59.3 cm³/mol. The van der Waals surface area contributed by atoms with Crippen molar-refractivity contribution in [3.05, 3.63) is 0 Å². The maximum absolute atomic E-state index is 11.6. The van der Waals surface area contributed by atoms with E-state index in [9.17, 15) is 4.79 Å². The molecule has 82 valence electrons. The summed E-state index contributed by atoms with van der Waals surface area (Å²) in [5, 5.41) is 0. The molecule has 0 bridgehead atoms. The summed E-state index contributed by atoms with van der Waals surface area (Å²) < 4.78 is 0. The number of hydrogen-bond acceptors (Lipinski definition) is 2. The molecule has 2 heteroatoms. The van der Waals surface area contributed by atoms with Crippen LogP contribution in [0.25, 0.3) is 0 Å². The largest absolute Gasteiger partial charge is 0.298 e. The number of ketones is 1. The smallest absolute Gasteiger partial charge is 0.149 e. The van der Waals surface area contributed by atoms with Crippen molar-refractivity contribution in [3.8, 4) is 0 Å². The highest BCUT2D eigenvalue weighted by Crippen LogP contribution is 2.23. The highest BCUT2D eigenvalue weighted by Gasteiger charge is 2.29. The Bertz CT molecular complexity index is 202. The van der Waals surface area contributed by atoms with E-state index in [-0.39, 0.29) is 6.04 Å². The molecule has 14 heavy (non-hydrogen) atoms. The Morgan fingerprint density at radius 3 is 2.64 bits per heavy atom. The fourth-order valence-electron chi connectivity index (χ4n) is 2.34. The van der Waals surface area contributed by atoms with E-state index in [0.717, 1.165) is 12.5 Å². The summed E-state index contributed by atoms with van der Waals surface area (Å²) in [5.41, 5.74) is 0. The lowest BCUT2D eigenvalue weighted by Crippen LogP contribution is -2.49. The van der Waals surface area contributed by atoms with Gasteiger partial charge >= 0.3 is 0 Å². The molecule has 3 unspecified atom stereocenters. The van der Waals surface area contributed by atoms with Crippen molar-refractivity contribution < 1.29 is 4.79 Å². The van der Waals surface area contributed by atoms with Crippen LogP contribution < -0.4 is 0 Å². The fourth-order valence-corrected chi connectivity index (χ4v) is 2.34. The van der Waals surface area contributed by atoms with E-state index in [4.69, 9.17) is 0 Å². The summed E-state index contributed by atoms with van der Waals surface area (Å²) in [4.78, 5) is 14.0. The van der Waals surface area contributed by atoms with E-state index in [1.54, 1.807) is 0 Å². The number of Topliss-reactive ketones (excluding diaryl/α,β-unsaturated/α-hetero) is 1. The summed E-state index contributed by atoms with van der Waals surface area (Å²) in [6, 6.07) is 0.703. The molecule has 0 N–H and O–H groups in total. The number of hydrogen-bond donors (Lipinski definition) is 0. The molecule has 0 spiro atoms. The number of likely N-dealkylation sites (tertiary alicyclic amines) is 1. The van der Waals surface area contributed by atoms with E-state index in [0.29, 0.717) is 18.2 Å². The summed E-state index contributed by atoms with van der Waals surface area (Å²) in [6.45, 7) is 9.62. The second-order valence-electron chi connectivity index (χ2n) is 4.72. The van der Waals surface area contributed by atoms with Crippen LogP contribution in [-0.4, -0.2) is 29.3 Å². The quantitative estimate of drug-likeness (QED) is 0.692. The molecule has 1 rings (SSSR count). The van der Waals surface area contributed by atoms with Gasteiger partial charge in [0.05, 0.1) is 6.04 Å². The molecule has 0 aromatic rings. The molecule has 2 nitrogen and oxygen atoms in total. The zero-order valence-corrected chi connectivity index (χ0v) is 9.92. The minimum atomic E-state index is 0.123. The van der Waals surface area contributed by atoms with E-state index in [1.165, 1.54) is 12.8 Å². The van der Waals surface area contributed by atoms with Crippen molar-refractivity contribution in [1.29, 1.82) is 0 Å². The van der Waals surface area contributed by atoms with Crippen molar-refractivity contribution in [2.24, 2.45) is 5.92 Å². The second kappa shape index (κ2) is 4.92. The molecule has 0 radical (unpaired) electrons. The van der Waals surface area contributed by atoms with E-state index in [2.05, 4.69) is 25.7 Å². The van der Waals surface area contributed by atoms with Crippen LogP contribution in [0.4, 0.5) is 0 Å². The SMILES string of the molecule is CCC(=O)C(C)N1CC(C)CCC1C. The average Bonchev–Trinajstić information content (AvgIpc) is 2.19. The third kappa shape index (κ3) is 2.57.